The molecule has 1 N–H and O–H groups in total. The normalized spacial score (nSPS) is 19.5. The van der Waals surface area contributed by atoms with E-state index in [-0.39, 0.29) is 30.6 Å². The summed E-state index contributed by atoms with van der Waals surface area (Å²) in [5, 5.41) is 2.93. The van der Waals surface area contributed by atoms with Gasteiger partial charge < -0.3 is 19.7 Å². The fraction of sp³-hybridized carbons (Fsp3) is 0.474. The van der Waals surface area contributed by atoms with Gasteiger partial charge in [0.2, 0.25) is 18.6 Å². The third-order valence-electron chi connectivity index (χ3n) is 4.35. The molecule has 2 aliphatic rings. The number of hydrogen-bond donors (Lipinski definition) is 1. The Labute approximate surface area is 147 Å². The number of carbonyl (C=O) groups is 2. The number of hydrogen-bond acceptors (Lipinski definition) is 4. The lowest BCUT2D eigenvalue weighted by Gasteiger charge is -2.31. The summed E-state index contributed by atoms with van der Waals surface area (Å²) in [6.07, 6.45) is 5.00. The third kappa shape index (κ3) is 4.32. The van der Waals surface area contributed by atoms with Crippen molar-refractivity contribution in [3.05, 3.63) is 29.8 Å². The molecule has 1 fully saturated rings. The Balaban J connectivity index is 1.59. The maximum absolute atomic E-state index is 12.4. The van der Waals surface area contributed by atoms with Crippen molar-refractivity contribution in [2.24, 2.45) is 5.92 Å². The molecule has 0 aliphatic carbocycles. The van der Waals surface area contributed by atoms with Crippen LogP contribution in [0.25, 0.3) is 6.08 Å². The van der Waals surface area contributed by atoms with Crippen LogP contribution in [0.2, 0.25) is 0 Å². The van der Waals surface area contributed by atoms with Crippen LogP contribution >= 0.6 is 0 Å². The van der Waals surface area contributed by atoms with Crippen LogP contribution < -0.4 is 14.8 Å². The van der Waals surface area contributed by atoms with Gasteiger partial charge in [0, 0.05) is 25.2 Å². The van der Waals surface area contributed by atoms with Crippen LogP contribution in [0.1, 0.15) is 32.3 Å². The van der Waals surface area contributed by atoms with E-state index < -0.39 is 0 Å². The maximum atomic E-state index is 12.4. The smallest absolute Gasteiger partial charge is 0.246 e. The van der Waals surface area contributed by atoms with Crippen LogP contribution in [-0.2, 0) is 9.59 Å². The van der Waals surface area contributed by atoms with E-state index in [4.69, 9.17) is 9.47 Å². The second-order valence-electron chi connectivity index (χ2n) is 6.73. The molecule has 134 valence electrons. The summed E-state index contributed by atoms with van der Waals surface area (Å²) in [6.45, 7) is 5.28. The number of nitrogens with one attached hydrogen (secondary N) is 1. The number of piperidine rings is 1. The van der Waals surface area contributed by atoms with E-state index in [9.17, 15) is 9.59 Å². The zero-order valence-corrected chi connectivity index (χ0v) is 14.7. The molecule has 0 saturated carbocycles. The Hall–Kier alpha value is -2.50. The standard InChI is InChI=1S/C19H24N2O4/c1-13(2)20-19(23)15-4-3-9-21(11-15)18(22)8-6-14-5-7-16-17(10-14)25-12-24-16/h5-8,10,13,15H,3-4,9,11-12H2,1-2H3,(H,20,23)/b8-6+/t15-/m1/s1. The van der Waals surface area contributed by atoms with Crippen LogP contribution in [-0.4, -0.2) is 42.6 Å². The number of ether oxygens (including phenoxy) is 2. The summed E-state index contributed by atoms with van der Waals surface area (Å²) >= 11 is 0. The van der Waals surface area contributed by atoms with Crippen molar-refractivity contribution in [1.82, 2.24) is 10.2 Å². The van der Waals surface area contributed by atoms with Gasteiger partial charge in [-0.05, 0) is 50.5 Å². The molecule has 0 spiro atoms. The first-order chi connectivity index (χ1) is 12.0. The van der Waals surface area contributed by atoms with Crippen molar-refractivity contribution in [2.75, 3.05) is 19.9 Å². The van der Waals surface area contributed by atoms with Crippen LogP contribution in [0.3, 0.4) is 0 Å². The number of likely N-dealkylation sites (tertiary alicyclic amines) is 1. The van der Waals surface area contributed by atoms with Gasteiger partial charge in [0.25, 0.3) is 0 Å². The maximum Gasteiger partial charge on any atom is 0.246 e. The van der Waals surface area contributed by atoms with Gasteiger partial charge in [0.1, 0.15) is 0 Å². The van der Waals surface area contributed by atoms with Crippen molar-refractivity contribution in [1.29, 1.82) is 0 Å². The summed E-state index contributed by atoms with van der Waals surface area (Å²) in [4.78, 5) is 26.4. The van der Waals surface area contributed by atoms with E-state index in [1.54, 1.807) is 17.1 Å². The fourth-order valence-electron chi connectivity index (χ4n) is 3.08. The molecule has 0 unspecified atom stereocenters. The minimum atomic E-state index is -0.126. The molecule has 3 rings (SSSR count). The second kappa shape index (κ2) is 7.59. The van der Waals surface area contributed by atoms with Crippen molar-refractivity contribution >= 4 is 17.9 Å². The predicted octanol–water partition coefficient (Wildman–Crippen LogP) is 2.19. The molecular weight excluding hydrogens is 320 g/mol. The molecule has 6 nitrogen and oxygen atoms in total. The average Bonchev–Trinajstić information content (AvgIpc) is 3.07. The molecule has 1 atom stereocenters. The third-order valence-corrected chi connectivity index (χ3v) is 4.35. The number of amides is 2. The summed E-state index contributed by atoms with van der Waals surface area (Å²) < 4.78 is 10.6. The number of carbonyl (C=O) groups excluding carboxylic acids is 2. The highest BCUT2D eigenvalue weighted by Crippen LogP contribution is 2.32. The molecule has 1 saturated heterocycles. The molecule has 25 heavy (non-hydrogen) atoms. The Morgan fingerprint density at radius 1 is 1.28 bits per heavy atom. The lowest BCUT2D eigenvalue weighted by molar-refractivity contribution is -0.132. The number of nitrogens with zero attached hydrogens (tertiary/aromatic N) is 1. The monoisotopic (exact) mass is 344 g/mol. The Morgan fingerprint density at radius 3 is 2.88 bits per heavy atom. The lowest BCUT2D eigenvalue weighted by Crippen LogP contribution is -2.46. The summed E-state index contributed by atoms with van der Waals surface area (Å²) in [7, 11) is 0. The predicted molar refractivity (Wildman–Crippen MR) is 94.2 cm³/mol. The molecular formula is C19H24N2O4. The first-order valence-corrected chi connectivity index (χ1v) is 8.70. The number of fused-ring (bicyclic) bond motifs is 1. The van der Waals surface area contributed by atoms with Gasteiger partial charge in [-0.25, -0.2) is 0 Å². The molecule has 0 aromatic heterocycles. The van der Waals surface area contributed by atoms with Crippen LogP contribution in [0.15, 0.2) is 24.3 Å². The SMILES string of the molecule is CC(C)NC(=O)[C@@H]1CCCN(C(=O)/C=C/c2ccc3c(c2)OCO3)C1. The molecule has 0 radical (unpaired) electrons. The zero-order chi connectivity index (χ0) is 17.8. The summed E-state index contributed by atoms with van der Waals surface area (Å²) in [6, 6.07) is 5.68. The van der Waals surface area contributed by atoms with Crippen molar-refractivity contribution in [3.8, 4) is 11.5 Å². The van der Waals surface area contributed by atoms with Crippen LogP contribution in [0.4, 0.5) is 0 Å². The van der Waals surface area contributed by atoms with E-state index in [0.29, 0.717) is 18.8 Å². The minimum absolute atomic E-state index is 0.0345. The van der Waals surface area contributed by atoms with E-state index in [0.717, 1.165) is 24.2 Å². The topological polar surface area (TPSA) is 67.9 Å². The fourth-order valence-corrected chi connectivity index (χ4v) is 3.08. The van der Waals surface area contributed by atoms with Gasteiger partial charge in [-0.1, -0.05) is 6.07 Å². The van der Waals surface area contributed by atoms with Crippen LogP contribution in [0, 0.1) is 5.92 Å². The highest BCUT2D eigenvalue weighted by Gasteiger charge is 2.27. The lowest BCUT2D eigenvalue weighted by atomic mass is 9.96. The molecule has 2 aliphatic heterocycles. The molecule has 0 bridgehead atoms. The van der Waals surface area contributed by atoms with Gasteiger partial charge in [-0.2, -0.15) is 0 Å². The Morgan fingerprint density at radius 2 is 2.08 bits per heavy atom. The minimum Gasteiger partial charge on any atom is -0.454 e. The molecule has 2 amide bonds. The average molecular weight is 344 g/mol. The van der Waals surface area contributed by atoms with E-state index in [1.165, 1.54) is 0 Å². The Kier molecular flexibility index (Phi) is 5.26. The summed E-state index contributed by atoms with van der Waals surface area (Å²) in [5.74, 6) is 1.25. The second-order valence-corrected chi connectivity index (χ2v) is 6.73. The van der Waals surface area contributed by atoms with E-state index >= 15 is 0 Å². The van der Waals surface area contributed by atoms with Crippen molar-refractivity contribution in [3.63, 3.8) is 0 Å². The van der Waals surface area contributed by atoms with E-state index in [1.807, 2.05) is 32.0 Å². The van der Waals surface area contributed by atoms with Gasteiger partial charge in [-0.3, -0.25) is 9.59 Å². The Bertz CT molecular complexity index is 684. The molecule has 1 aromatic carbocycles. The largest absolute Gasteiger partial charge is 0.454 e. The quantitative estimate of drug-likeness (QED) is 0.850. The van der Waals surface area contributed by atoms with Gasteiger partial charge in [-0.15, -0.1) is 0 Å². The first-order valence-electron chi connectivity index (χ1n) is 8.70. The zero-order valence-electron chi connectivity index (χ0n) is 14.7. The highest BCUT2D eigenvalue weighted by atomic mass is 16.7. The molecule has 6 heteroatoms. The molecule has 2 heterocycles. The molecule has 1 aromatic rings. The first kappa shape index (κ1) is 17.3. The van der Waals surface area contributed by atoms with Gasteiger partial charge in [0.15, 0.2) is 11.5 Å². The van der Waals surface area contributed by atoms with Crippen molar-refractivity contribution < 1.29 is 19.1 Å². The van der Waals surface area contributed by atoms with Crippen molar-refractivity contribution in [2.45, 2.75) is 32.7 Å². The van der Waals surface area contributed by atoms with Crippen LogP contribution in [0.5, 0.6) is 11.5 Å². The number of benzene rings is 1. The number of rotatable bonds is 4. The van der Waals surface area contributed by atoms with Gasteiger partial charge in [0.05, 0.1) is 5.92 Å². The summed E-state index contributed by atoms with van der Waals surface area (Å²) in [5.41, 5.74) is 0.878. The van der Waals surface area contributed by atoms with Gasteiger partial charge >= 0.3 is 0 Å². The van der Waals surface area contributed by atoms with E-state index in [2.05, 4.69) is 5.32 Å². The highest BCUT2D eigenvalue weighted by molar-refractivity contribution is 5.92.